The number of para-hydroxylation sites is 1. The number of amides is 2. The molecule has 4 rings (SSSR count). The number of nitro benzene ring substituents is 1. The van der Waals surface area contributed by atoms with E-state index in [1.165, 1.54) is 36.0 Å². The normalized spacial score (nSPS) is 11.4. The molecule has 37 heavy (non-hydrogen) atoms. The molecule has 0 aliphatic heterocycles. The lowest BCUT2D eigenvalue weighted by Crippen LogP contribution is -2.20. The Hall–Kier alpha value is -4.43. The smallest absolute Gasteiger partial charge is 0.270 e. The monoisotopic (exact) mass is 511 g/mol. The summed E-state index contributed by atoms with van der Waals surface area (Å²) < 4.78 is 0. The van der Waals surface area contributed by atoms with E-state index >= 15 is 0 Å². The summed E-state index contributed by atoms with van der Waals surface area (Å²) in [6.45, 7) is 3.93. The molecule has 1 unspecified atom stereocenters. The van der Waals surface area contributed by atoms with E-state index in [4.69, 9.17) is 0 Å². The van der Waals surface area contributed by atoms with Crippen molar-refractivity contribution in [3.63, 3.8) is 0 Å². The average Bonchev–Trinajstić information content (AvgIpc) is 2.91. The van der Waals surface area contributed by atoms with Crippen molar-refractivity contribution in [2.24, 2.45) is 0 Å². The number of carbonyl (C=O) groups is 2. The number of carbonyl (C=O) groups excluding carboxylic acids is 2. The maximum Gasteiger partial charge on any atom is 0.270 e. The van der Waals surface area contributed by atoms with Crippen molar-refractivity contribution in [3.8, 4) is 0 Å². The number of hydrogen-bond donors (Lipinski definition) is 2. The lowest BCUT2D eigenvalue weighted by molar-refractivity contribution is -0.384. The number of rotatable bonds is 8. The van der Waals surface area contributed by atoms with Gasteiger partial charge in [-0.05, 0) is 60.9 Å². The van der Waals surface area contributed by atoms with Crippen LogP contribution in [-0.2, 0) is 4.79 Å². The number of non-ortho nitro benzene ring substituents is 1. The van der Waals surface area contributed by atoms with Crippen LogP contribution in [0.25, 0.3) is 0 Å². The number of anilines is 2. The Balaban J connectivity index is 1.50. The number of hydrogen-bond acceptors (Lipinski definition) is 5. The van der Waals surface area contributed by atoms with Crippen molar-refractivity contribution in [2.45, 2.75) is 24.0 Å². The van der Waals surface area contributed by atoms with E-state index in [-0.39, 0.29) is 17.2 Å². The summed E-state index contributed by atoms with van der Waals surface area (Å²) >= 11 is 1.41. The Morgan fingerprint density at radius 1 is 0.811 bits per heavy atom. The lowest BCUT2D eigenvalue weighted by Gasteiger charge is -2.19. The molecule has 0 spiro atoms. The van der Waals surface area contributed by atoms with Crippen molar-refractivity contribution >= 4 is 40.6 Å². The highest BCUT2D eigenvalue weighted by Crippen LogP contribution is 2.37. The molecule has 186 valence electrons. The molecule has 4 aromatic carbocycles. The van der Waals surface area contributed by atoms with Crippen LogP contribution in [0.2, 0.25) is 0 Å². The minimum Gasteiger partial charge on any atom is -0.324 e. The van der Waals surface area contributed by atoms with Crippen molar-refractivity contribution < 1.29 is 14.5 Å². The molecule has 0 saturated heterocycles. The summed E-state index contributed by atoms with van der Waals surface area (Å²) in [5.41, 5.74) is 4.26. The van der Waals surface area contributed by atoms with Gasteiger partial charge in [0.25, 0.3) is 11.6 Å². The summed E-state index contributed by atoms with van der Waals surface area (Å²) in [5.74, 6) is -0.573. The number of aryl methyl sites for hydroxylation is 2. The van der Waals surface area contributed by atoms with Crippen molar-refractivity contribution in [2.75, 3.05) is 10.6 Å². The van der Waals surface area contributed by atoms with E-state index in [1.807, 2.05) is 74.5 Å². The topological polar surface area (TPSA) is 101 Å². The maximum atomic E-state index is 13.4. The minimum atomic E-state index is -0.539. The van der Waals surface area contributed by atoms with E-state index in [2.05, 4.69) is 10.6 Å². The Kier molecular flexibility index (Phi) is 8.00. The van der Waals surface area contributed by atoms with Gasteiger partial charge in [-0.1, -0.05) is 54.6 Å². The molecule has 8 heteroatoms. The average molecular weight is 512 g/mol. The highest BCUT2D eigenvalue weighted by atomic mass is 32.2. The molecule has 2 N–H and O–H groups in total. The van der Waals surface area contributed by atoms with Crippen LogP contribution >= 0.6 is 11.8 Å². The molecule has 0 bridgehead atoms. The third kappa shape index (κ3) is 6.42. The summed E-state index contributed by atoms with van der Waals surface area (Å²) in [7, 11) is 0. The van der Waals surface area contributed by atoms with E-state index < -0.39 is 16.1 Å². The molecule has 0 aromatic heterocycles. The van der Waals surface area contributed by atoms with E-state index in [0.717, 1.165) is 27.3 Å². The van der Waals surface area contributed by atoms with E-state index in [1.54, 1.807) is 12.1 Å². The predicted molar refractivity (Wildman–Crippen MR) is 147 cm³/mol. The molecule has 2 amide bonds. The van der Waals surface area contributed by atoms with Crippen LogP contribution in [0.5, 0.6) is 0 Å². The SMILES string of the molecule is Cc1cccc(C)c1NC(=O)C(Sc1ccc(NC(=O)c2cccc([N+](=O)[O-])c2)cc1)c1ccccc1. The second kappa shape index (κ2) is 11.5. The highest BCUT2D eigenvalue weighted by molar-refractivity contribution is 8.00. The molecule has 0 aliphatic carbocycles. The van der Waals surface area contributed by atoms with Gasteiger partial charge >= 0.3 is 0 Å². The molecule has 4 aromatic rings. The zero-order valence-electron chi connectivity index (χ0n) is 20.3. The first-order valence-corrected chi connectivity index (χ1v) is 12.4. The largest absolute Gasteiger partial charge is 0.324 e. The van der Waals surface area contributed by atoms with E-state index in [0.29, 0.717) is 5.69 Å². The molecule has 1 atom stereocenters. The van der Waals surface area contributed by atoms with Crippen molar-refractivity contribution in [1.29, 1.82) is 0 Å². The van der Waals surface area contributed by atoms with Crippen LogP contribution in [0.4, 0.5) is 17.1 Å². The number of thioether (sulfide) groups is 1. The summed E-state index contributed by atoms with van der Waals surface area (Å²) in [6.07, 6.45) is 0. The number of nitrogens with one attached hydrogen (secondary N) is 2. The van der Waals surface area contributed by atoms with Gasteiger partial charge in [-0.2, -0.15) is 0 Å². The molecule has 0 saturated carbocycles. The molecular formula is C29H25N3O4S. The van der Waals surface area contributed by atoms with Gasteiger partial charge < -0.3 is 10.6 Å². The van der Waals surface area contributed by atoms with Crippen molar-refractivity contribution in [1.82, 2.24) is 0 Å². The van der Waals surface area contributed by atoms with Crippen LogP contribution in [0.3, 0.4) is 0 Å². The van der Waals surface area contributed by atoms with Gasteiger partial charge in [-0.25, -0.2) is 0 Å². The summed E-state index contributed by atoms with van der Waals surface area (Å²) in [5, 5.41) is 16.3. The molecular weight excluding hydrogens is 486 g/mol. The molecule has 0 radical (unpaired) electrons. The number of benzene rings is 4. The molecule has 0 heterocycles. The van der Waals surface area contributed by atoms with E-state index in [9.17, 15) is 19.7 Å². The maximum absolute atomic E-state index is 13.4. The number of nitrogens with zero attached hydrogens (tertiary/aromatic N) is 1. The zero-order valence-corrected chi connectivity index (χ0v) is 21.1. The minimum absolute atomic E-state index is 0.128. The van der Waals surface area contributed by atoms with Gasteiger partial charge in [0.2, 0.25) is 5.91 Å². The van der Waals surface area contributed by atoms with Gasteiger partial charge in [0.15, 0.2) is 0 Å². The van der Waals surface area contributed by atoms with Gasteiger partial charge in [0.05, 0.1) is 4.92 Å². The fourth-order valence-corrected chi connectivity index (χ4v) is 4.84. The van der Waals surface area contributed by atoms with Crippen LogP contribution in [-0.4, -0.2) is 16.7 Å². The van der Waals surface area contributed by atoms with Crippen LogP contribution in [0.1, 0.15) is 32.3 Å². The van der Waals surface area contributed by atoms with Gasteiger partial charge in [0, 0.05) is 34.0 Å². The Labute approximate surface area is 219 Å². The van der Waals surface area contributed by atoms with Gasteiger partial charge in [0.1, 0.15) is 5.25 Å². The second-order valence-corrected chi connectivity index (χ2v) is 9.63. The molecule has 7 nitrogen and oxygen atoms in total. The summed E-state index contributed by atoms with van der Waals surface area (Å²) in [4.78, 5) is 37.3. The standard InChI is InChI=1S/C29H25N3O4S/c1-19-8-6-9-20(2)26(19)31-29(34)27(21-10-4-3-5-11-21)37-25-16-14-23(15-17-25)30-28(33)22-12-7-13-24(18-22)32(35)36/h3-18,27H,1-2H3,(H,30,33)(H,31,34). The quantitative estimate of drug-likeness (QED) is 0.152. The fourth-order valence-electron chi connectivity index (χ4n) is 3.82. The first-order chi connectivity index (χ1) is 17.8. The fraction of sp³-hybridized carbons (Fsp3) is 0.103. The Morgan fingerprint density at radius 2 is 1.46 bits per heavy atom. The predicted octanol–water partition coefficient (Wildman–Crippen LogP) is 6.94. The number of nitro groups is 1. The third-order valence-electron chi connectivity index (χ3n) is 5.76. The summed E-state index contributed by atoms with van der Waals surface area (Å²) in [6, 6.07) is 28.2. The zero-order chi connectivity index (χ0) is 26.4. The third-order valence-corrected chi connectivity index (χ3v) is 7.02. The molecule has 0 aliphatic rings. The highest BCUT2D eigenvalue weighted by Gasteiger charge is 2.23. The van der Waals surface area contributed by atoms with Gasteiger partial charge in [-0.3, -0.25) is 19.7 Å². The van der Waals surface area contributed by atoms with Crippen LogP contribution in [0.15, 0.2) is 102 Å². The van der Waals surface area contributed by atoms with Crippen molar-refractivity contribution in [3.05, 3.63) is 129 Å². The first kappa shape index (κ1) is 25.7. The van der Waals surface area contributed by atoms with Crippen LogP contribution in [0, 0.1) is 24.0 Å². The first-order valence-electron chi connectivity index (χ1n) is 11.6. The molecule has 0 fully saturated rings. The van der Waals surface area contributed by atoms with Crippen LogP contribution < -0.4 is 10.6 Å². The second-order valence-electron chi connectivity index (χ2n) is 8.45. The van der Waals surface area contributed by atoms with Gasteiger partial charge in [-0.15, -0.1) is 11.8 Å². The Morgan fingerprint density at radius 3 is 2.11 bits per heavy atom. The lowest BCUT2D eigenvalue weighted by atomic mass is 10.1. The Bertz CT molecular complexity index is 1420.